The van der Waals surface area contributed by atoms with Gasteiger partial charge in [0.15, 0.2) is 0 Å². The van der Waals surface area contributed by atoms with Crippen LogP contribution in [-0.2, 0) is 10.0 Å². The highest BCUT2D eigenvalue weighted by molar-refractivity contribution is 7.93. The van der Waals surface area contributed by atoms with Gasteiger partial charge in [-0.2, -0.15) is 0 Å². The number of aryl methyl sites for hydroxylation is 3. The van der Waals surface area contributed by atoms with Gasteiger partial charge in [0.1, 0.15) is 10.7 Å². The van der Waals surface area contributed by atoms with Crippen LogP contribution in [0.15, 0.2) is 27.5 Å². The molecule has 148 valence electrons. The van der Waals surface area contributed by atoms with E-state index in [0.29, 0.717) is 28.4 Å². The van der Waals surface area contributed by atoms with Crippen molar-refractivity contribution in [1.29, 1.82) is 0 Å². The first-order chi connectivity index (χ1) is 13.3. The lowest BCUT2D eigenvalue weighted by Crippen LogP contribution is -2.15. The number of aromatic nitrogens is 3. The molecule has 1 fully saturated rings. The molecule has 2 heterocycles. The Morgan fingerprint density at radius 1 is 1.18 bits per heavy atom. The predicted octanol–water partition coefficient (Wildman–Crippen LogP) is 4.20. The van der Waals surface area contributed by atoms with Crippen molar-refractivity contribution >= 4 is 15.7 Å². The van der Waals surface area contributed by atoms with Gasteiger partial charge in [-0.1, -0.05) is 12.5 Å². The van der Waals surface area contributed by atoms with Gasteiger partial charge in [-0.05, 0) is 51.3 Å². The zero-order chi connectivity index (χ0) is 20.1. The fraction of sp³-hybridized carbons (Fsp3) is 0.368. The summed E-state index contributed by atoms with van der Waals surface area (Å²) in [6, 6.07) is 3.96. The number of aromatic amines is 1. The average molecular weight is 404 g/mol. The first-order valence-electron chi connectivity index (χ1n) is 9.08. The minimum absolute atomic E-state index is 0.0254. The zero-order valence-corrected chi connectivity index (χ0v) is 16.7. The van der Waals surface area contributed by atoms with Crippen molar-refractivity contribution < 1.29 is 17.2 Å². The molecule has 2 aromatic heterocycles. The Hall–Kier alpha value is -2.68. The van der Waals surface area contributed by atoms with Gasteiger partial charge in [0.05, 0.1) is 11.3 Å². The Morgan fingerprint density at radius 2 is 1.93 bits per heavy atom. The molecule has 1 aliphatic rings. The van der Waals surface area contributed by atoms with Crippen LogP contribution >= 0.6 is 0 Å². The van der Waals surface area contributed by atoms with E-state index in [1.807, 2.05) is 0 Å². The van der Waals surface area contributed by atoms with Gasteiger partial charge in [-0.3, -0.25) is 4.72 Å². The molecule has 3 aromatic rings. The minimum atomic E-state index is -4.02. The minimum Gasteiger partial charge on any atom is -0.420 e. The van der Waals surface area contributed by atoms with E-state index in [2.05, 4.69) is 19.9 Å². The van der Waals surface area contributed by atoms with Crippen molar-refractivity contribution in [3.8, 4) is 11.5 Å². The third kappa shape index (κ3) is 3.19. The smallest absolute Gasteiger partial charge is 0.264 e. The number of anilines is 1. The maximum Gasteiger partial charge on any atom is 0.264 e. The molecule has 0 unspecified atom stereocenters. The van der Waals surface area contributed by atoms with Crippen molar-refractivity contribution in [1.82, 2.24) is 15.2 Å². The highest BCUT2D eigenvalue weighted by atomic mass is 32.2. The first-order valence-corrected chi connectivity index (χ1v) is 10.6. The molecule has 4 rings (SSSR count). The molecule has 0 atom stereocenters. The van der Waals surface area contributed by atoms with Crippen LogP contribution in [0.4, 0.5) is 10.1 Å². The number of hydrogen-bond donors (Lipinski definition) is 2. The van der Waals surface area contributed by atoms with Gasteiger partial charge in [-0.15, -0.1) is 10.2 Å². The second-order valence-corrected chi connectivity index (χ2v) is 8.84. The van der Waals surface area contributed by atoms with E-state index in [-0.39, 0.29) is 22.4 Å². The normalized spacial score (nSPS) is 14.9. The quantitative estimate of drug-likeness (QED) is 0.664. The molecule has 9 heteroatoms. The molecule has 2 N–H and O–H groups in total. The average Bonchev–Trinajstić information content (AvgIpc) is 3.13. The molecule has 0 saturated heterocycles. The molecule has 1 saturated carbocycles. The second-order valence-electron chi connectivity index (χ2n) is 7.22. The summed E-state index contributed by atoms with van der Waals surface area (Å²) in [5.74, 6) is 0.430. The van der Waals surface area contributed by atoms with Crippen LogP contribution < -0.4 is 4.72 Å². The molecule has 0 amide bonds. The summed E-state index contributed by atoms with van der Waals surface area (Å²) in [4.78, 5) is 3.06. The van der Waals surface area contributed by atoms with Crippen LogP contribution in [-0.4, -0.2) is 23.6 Å². The molecule has 7 nitrogen and oxygen atoms in total. The molecule has 28 heavy (non-hydrogen) atoms. The highest BCUT2D eigenvalue weighted by Gasteiger charge is 2.31. The zero-order valence-electron chi connectivity index (χ0n) is 15.8. The van der Waals surface area contributed by atoms with E-state index in [1.165, 1.54) is 12.1 Å². The van der Waals surface area contributed by atoms with Crippen molar-refractivity contribution in [2.24, 2.45) is 0 Å². The van der Waals surface area contributed by atoms with Gasteiger partial charge in [0.25, 0.3) is 15.9 Å². The van der Waals surface area contributed by atoms with Crippen molar-refractivity contribution in [3.05, 3.63) is 46.9 Å². The summed E-state index contributed by atoms with van der Waals surface area (Å²) in [7, 11) is -4.02. The van der Waals surface area contributed by atoms with Crippen molar-refractivity contribution in [2.45, 2.75) is 50.8 Å². The van der Waals surface area contributed by atoms with E-state index < -0.39 is 15.8 Å². The summed E-state index contributed by atoms with van der Waals surface area (Å²) in [6.07, 6.45) is 3.12. The van der Waals surface area contributed by atoms with Gasteiger partial charge in [0.2, 0.25) is 5.89 Å². The monoisotopic (exact) mass is 404 g/mol. The summed E-state index contributed by atoms with van der Waals surface area (Å²) < 4.78 is 48.2. The number of H-pyrrole nitrogens is 1. The van der Waals surface area contributed by atoms with E-state index in [4.69, 9.17) is 4.42 Å². The largest absolute Gasteiger partial charge is 0.420 e. The maximum absolute atomic E-state index is 13.6. The second kappa shape index (κ2) is 6.73. The molecule has 1 aromatic carbocycles. The Bertz CT molecular complexity index is 1150. The van der Waals surface area contributed by atoms with E-state index in [9.17, 15) is 12.8 Å². The van der Waals surface area contributed by atoms with E-state index in [0.717, 1.165) is 25.3 Å². The molecule has 1 aliphatic carbocycles. The third-order valence-electron chi connectivity index (χ3n) is 5.14. The first kappa shape index (κ1) is 18.7. The van der Waals surface area contributed by atoms with Gasteiger partial charge in [-0.25, -0.2) is 12.8 Å². The predicted molar refractivity (Wildman–Crippen MR) is 102 cm³/mol. The lowest BCUT2D eigenvalue weighted by molar-refractivity contribution is 0.338. The lowest BCUT2D eigenvalue weighted by Gasteiger charge is -2.20. The van der Waals surface area contributed by atoms with Crippen LogP contribution in [0.2, 0.25) is 0 Å². The molecule has 0 radical (unpaired) electrons. The number of sulfonamides is 1. The Labute approximate surface area is 162 Å². The van der Waals surface area contributed by atoms with Crippen molar-refractivity contribution in [2.75, 3.05) is 4.72 Å². The van der Waals surface area contributed by atoms with Crippen LogP contribution in [0, 0.1) is 26.6 Å². The summed E-state index contributed by atoms with van der Waals surface area (Å²) in [6.45, 7) is 5.12. The van der Waals surface area contributed by atoms with Gasteiger partial charge in [0, 0.05) is 17.3 Å². The summed E-state index contributed by atoms with van der Waals surface area (Å²) in [5, 5.41) is 8.19. The molecule has 0 aliphatic heterocycles. The van der Waals surface area contributed by atoms with E-state index in [1.54, 1.807) is 20.8 Å². The van der Waals surface area contributed by atoms with Gasteiger partial charge < -0.3 is 9.40 Å². The van der Waals surface area contributed by atoms with Crippen LogP contribution in [0.3, 0.4) is 0 Å². The number of benzene rings is 1. The fourth-order valence-electron chi connectivity index (χ4n) is 3.41. The molecule has 0 bridgehead atoms. The summed E-state index contributed by atoms with van der Waals surface area (Å²) >= 11 is 0. The Morgan fingerprint density at radius 3 is 2.61 bits per heavy atom. The van der Waals surface area contributed by atoms with Crippen LogP contribution in [0.25, 0.3) is 11.5 Å². The molecule has 0 spiro atoms. The fourth-order valence-corrected chi connectivity index (χ4v) is 4.98. The topological polar surface area (TPSA) is 101 Å². The SMILES string of the molecule is Cc1ccc(F)cc1NS(=O)(=O)c1c(C)[nH]c(C)c1-c1nnc(C2CCC2)o1. The number of nitrogens with zero attached hydrogens (tertiary/aromatic N) is 2. The van der Waals surface area contributed by atoms with E-state index >= 15 is 0 Å². The Kier molecular flexibility index (Phi) is 4.49. The molecular formula is C19H21FN4O3S. The highest BCUT2D eigenvalue weighted by Crippen LogP contribution is 2.39. The Balaban J connectivity index is 1.77. The number of rotatable bonds is 5. The lowest BCUT2D eigenvalue weighted by atomic mass is 9.85. The van der Waals surface area contributed by atoms with Crippen LogP contribution in [0.5, 0.6) is 0 Å². The van der Waals surface area contributed by atoms with Crippen LogP contribution in [0.1, 0.15) is 48.0 Å². The third-order valence-corrected chi connectivity index (χ3v) is 6.68. The standard InChI is InChI=1S/C19H21FN4O3S/c1-10-7-8-14(20)9-15(10)24-28(25,26)17-12(3)21-11(2)16(17)19-23-22-18(27-19)13-5-4-6-13/h7-9,13,21,24H,4-6H2,1-3H3. The number of halogens is 1. The van der Waals surface area contributed by atoms with Gasteiger partial charge >= 0.3 is 0 Å². The summed E-state index contributed by atoms with van der Waals surface area (Å²) in [5.41, 5.74) is 2.19. The number of nitrogens with one attached hydrogen (secondary N) is 2. The maximum atomic E-state index is 13.6. The van der Waals surface area contributed by atoms with Crippen molar-refractivity contribution in [3.63, 3.8) is 0 Å². The molecular weight excluding hydrogens is 383 g/mol. The number of hydrogen-bond acceptors (Lipinski definition) is 5.